The normalized spacial score (nSPS) is 16.2. The van der Waals surface area contributed by atoms with Gasteiger partial charge in [0.15, 0.2) is 5.78 Å². The van der Waals surface area contributed by atoms with Crippen LogP contribution in [0.25, 0.3) is 0 Å². The summed E-state index contributed by atoms with van der Waals surface area (Å²) in [7, 11) is 0. The number of carbonyl (C=O) groups excluding carboxylic acids is 1. The van der Waals surface area contributed by atoms with Crippen LogP contribution in [0, 0.1) is 0 Å². The fourth-order valence-electron chi connectivity index (χ4n) is 1.73. The van der Waals surface area contributed by atoms with Crippen LogP contribution in [0.15, 0.2) is 12.1 Å². The summed E-state index contributed by atoms with van der Waals surface area (Å²) >= 11 is 0. The predicted molar refractivity (Wildman–Crippen MR) is 61.7 cm³/mol. The van der Waals surface area contributed by atoms with Crippen molar-refractivity contribution in [2.45, 2.75) is 6.92 Å². The van der Waals surface area contributed by atoms with Crippen LogP contribution in [0.1, 0.15) is 17.3 Å². The minimum atomic E-state index is -0.0569. The molecule has 1 aromatic rings. The zero-order valence-corrected chi connectivity index (χ0v) is 9.27. The number of carbonyl (C=O) groups is 1. The Morgan fingerprint density at radius 2 is 2.12 bits per heavy atom. The highest BCUT2D eigenvalue weighted by molar-refractivity contribution is 5.98. The highest BCUT2D eigenvalue weighted by atomic mass is 16.5. The molecular weight excluding hydrogens is 206 g/mol. The number of morpholine rings is 1. The summed E-state index contributed by atoms with van der Waals surface area (Å²) in [6, 6.07) is 3.56. The van der Waals surface area contributed by atoms with E-state index in [0.29, 0.717) is 24.6 Å². The smallest absolute Gasteiger partial charge is 0.163 e. The average molecular weight is 221 g/mol. The Balaban J connectivity index is 2.23. The van der Waals surface area contributed by atoms with E-state index in [9.17, 15) is 4.79 Å². The van der Waals surface area contributed by atoms with Gasteiger partial charge in [0.2, 0.25) is 0 Å². The Kier molecular flexibility index (Phi) is 3.05. The summed E-state index contributed by atoms with van der Waals surface area (Å²) in [5, 5.41) is 0. The molecule has 2 N–H and O–H groups in total. The van der Waals surface area contributed by atoms with Crippen LogP contribution in [0.3, 0.4) is 0 Å². The molecular formula is C11H15N3O2. The number of nitrogens with two attached hydrogens (primary N) is 1. The molecule has 1 aliphatic heterocycles. The van der Waals surface area contributed by atoms with Gasteiger partial charge in [-0.05, 0) is 19.1 Å². The predicted octanol–water partition coefficient (Wildman–Crippen LogP) is 0.703. The first-order valence-corrected chi connectivity index (χ1v) is 5.28. The number of rotatable bonds is 2. The average Bonchev–Trinajstić information content (AvgIpc) is 2.29. The standard InChI is InChI=1S/C11H15N3O2/c1-8(15)9-2-3-10(13-11(9)12)14-4-6-16-7-5-14/h2-3H,4-7H2,1H3,(H2,12,13). The minimum Gasteiger partial charge on any atom is -0.383 e. The molecule has 0 unspecified atom stereocenters. The van der Waals surface area contributed by atoms with Crippen LogP contribution >= 0.6 is 0 Å². The van der Waals surface area contributed by atoms with Gasteiger partial charge in [0.25, 0.3) is 0 Å². The van der Waals surface area contributed by atoms with E-state index >= 15 is 0 Å². The van der Waals surface area contributed by atoms with Gasteiger partial charge in [-0.25, -0.2) is 4.98 Å². The van der Waals surface area contributed by atoms with E-state index in [1.54, 1.807) is 6.07 Å². The molecule has 0 aliphatic carbocycles. The molecule has 5 heteroatoms. The summed E-state index contributed by atoms with van der Waals surface area (Å²) in [4.78, 5) is 17.5. The Morgan fingerprint density at radius 1 is 1.44 bits per heavy atom. The van der Waals surface area contributed by atoms with Gasteiger partial charge in [-0.1, -0.05) is 0 Å². The lowest BCUT2D eigenvalue weighted by molar-refractivity contribution is 0.101. The minimum absolute atomic E-state index is 0.0569. The van der Waals surface area contributed by atoms with Crippen molar-refractivity contribution in [3.63, 3.8) is 0 Å². The number of anilines is 2. The maximum atomic E-state index is 11.2. The molecule has 86 valence electrons. The number of ether oxygens (including phenoxy) is 1. The lowest BCUT2D eigenvalue weighted by atomic mass is 10.2. The van der Waals surface area contributed by atoms with Crippen LogP contribution < -0.4 is 10.6 Å². The quantitative estimate of drug-likeness (QED) is 0.745. The van der Waals surface area contributed by atoms with Gasteiger partial charge in [-0.15, -0.1) is 0 Å². The number of hydrogen-bond acceptors (Lipinski definition) is 5. The van der Waals surface area contributed by atoms with Crippen LogP contribution in [-0.4, -0.2) is 37.1 Å². The van der Waals surface area contributed by atoms with Crippen molar-refractivity contribution in [1.82, 2.24) is 4.98 Å². The fourth-order valence-corrected chi connectivity index (χ4v) is 1.73. The third kappa shape index (κ3) is 2.14. The lowest BCUT2D eigenvalue weighted by Crippen LogP contribution is -2.36. The molecule has 5 nitrogen and oxygen atoms in total. The molecule has 1 aliphatic rings. The van der Waals surface area contributed by atoms with E-state index in [-0.39, 0.29) is 5.78 Å². The second kappa shape index (κ2) is 4.49. The van der Waals surface area contributed by atoms with Crippen LogP contribution in [0.2, 0.25) is 0 Å². The van der Waals surface area contributed by atoms with E-state index in [2.05, 4.69) is 9.88 Å². The Hall–Kier alpha value is -1.62. The molecule has 0 spiro atoms. The topological polar surface area (TPSA) is 68.5 Å². The zero-order valence-electron chi connectivity index (χ0n) is 9.27. The first kappa shape index (κ1) is 10.9. The van der Waals surface area contributed by atoms with E-state index in [0.717, 1.165) is 18.9 Å². The molecule has 1 fully saturated rings. The maximum absolute atomic E-state index is 11.2. The second-order valence-corrected chi connectivity index (χ2v) is 3.76. The van der Waals surface area contributed by atoms with Crippen LogP contribution in [0.5, 0.6) is 0 Å². The first-order chi connectivity index (χ1) is 7.68. The number of nitrogens with zero attached hydrogens (tertiary/aromatic N) is 2. The van der Waals surface area contributed by atoms with E-state index in [1.807, 2.05) is 6.07 Å². The molecule has 2 heterocycles. The molecule has 1 saturated heterocycles. The molecule has 0 bridgehead atoms. The summed E-state index contributed by atoms with van der Waals surface area (Å²) in [5.74, 6) is 1.06. The molecule has 0 atom stereocenters. The van der Waals surface area contributed by atoms with Crippen LogP contribution in [0.4, 0.5) is 11.6 Å². The molecule has 0 saturated carbocycles. The van der Waals surface area contributed by atoms with Gasteiger partial charge in [0.05, 0.1) is 18.8 Å². The Labute approximate surface area is 94.2 Å². The monoisotopic (exact) mass is 221 g/mol. The number of hydrogen-bond donors (Lipinski definition) is 1. The van der Waals surface area contributed by atoms with Gasteiger partial charge < -0.3 is 15.4 Å². The van der Waals surface area contributed by atoms with Gasteiger partial charge >= 0.3 is 0 Å². The number of pyridine rings is 1. The van der Waals surface area contributed by atoms with Gasteiger partial charge in [0, 0.05) is 13.1 Å². The first-order valence-electron chi connectivity index (χ1n) is 5.28. The van der Waals surface area contributed by atoms with Crippen molar-refractivity contribution in [3.8, 4) is 0 Å². The number of nitrogen functional groups attached to an aromatic ring is 1. The van der Waals surface area contributed by atoms with Gasteiger partial charge in [-0.3, -0.25) is 4.79 Å². The fraction of sp³-hybridized carbons (Fsp3) is 0.455. The largest absolute Gasteiger partial charge is 0.383 e. The molecule has 0 aromatic carbocycles. The molecule has 0 amide bonds. The third-order valence-electron chi connectivity index (χ3n) is 2.62. The van der Waals surface area contributed by atoms with E-state index in [4.69, 9.17) is 10.5 Å². The van der Waals surface area contributed by atoms with Gasteiger partial charge in [-0.2, -0.15) is 0 Å². The SMILES string of the molecule is CC(=O)c1ccc(N2CCOCC2)nc1N. The summed E-state index contributed by atoms with van der Waals surface area (Å²) in [6.45, 7) is 4.52. The van der Waals surface area contributed by atoms with E-state index < -0.39 is 0 Å². The van der Waals surface area contributed by atoms with Crippen LogP contribution in [-0.2, 0) is 4.74 Å². The zero-order chi connectivity index (χ0) is 11.5. The summed E-state index contributed by atoms with van der Waals surface area (Å²) in [5.41, 5.74) is 6.22. The molecule has 2 rings (SSSR count). The van der Waals surface area contributed by atoms with Crippen molar-refractivity contribution in [1.29, 1.82) is 0 Å². The van der Waals surface area contributed by atoms with Crippen molar-refractivity contribution in [2.75, 3.05) is 36.9 Å². The number of aromatic nitrogens is 1. The van der Waals surface area contributed by atoms with E-state index in [1.165, 1.54) is 6.92 Å². The lowest BCUT2D eigenvalue weighted by Gasteiger charge is -2.28. The van der Waals surface area contributed by atoms with Gasteiger partial charge in [0.1, 0.15) is 11.6 Å². The Morgan fingerprint density at radius 3 is 2.69 bits per heavy atom. The highest BCUT2D eigenvalue weighted by Crippen LogP contribution is 2.18. The number of ketones is 1. The van der Waals surface area contributed by atoms with Crippen molar-refractivity contribution < 1.29 is 9.53 Å². The number of Topliss-reactive ketones (excluding diaryl/α,β-unsaturated/α-hetero) is 1. The highest BCUT2D eigenvalue weighted by Gasteiger charge is 2.14. The summed E-state index contributed by atoms with van der Waals surface area (Å²) < 4.78 is 5.26. The third-order valence-corrected chi connectivity index (χ3v) is 2.62. The molecule has 1 aromatic heterocycles. The molecule has 16 heavy (non-hydrogen) atoms. The maximum Gasteiger partial charge on any atom is 0.163 e. The Bertz CT molecular complexity index is 400. The molecule has 0 radical (unpaired) electrons. The summed E-state index contributed by atoms with van der Waals surface area (Å²) in [6.07, 6.45) is 0. The van der Waals surface area contributed by atoms with Crippen molar-refractivity contribution in [3.05, 3.63) is 17.7 Å². The van der Waals surface area contributed by atoms with Crippen molar-refractivity contribution >= 4 is 17.4 Å². The van der Waals surface area contributed by atoms with Crippen molar-refractivity contribution in [2.24, 2.45) is 0 Å². The second-order valence-electron chi connectivity index (χ2n) is 3.76.